The summed E-state index contributed by atoms with van der Waals surface area (Å²) in [5, 5.41) is 6.72. The third kappa shape index (κ3) is 6.24. The molecule has 3 aromatic carbocycles. The molecule has 1 aromatic heterocycles. The molecule has 1 aliphatic heterocycles. The van der Waals surface area contributed by atoms with Gasteiger partial charge in [0.1, 0.15) is 6.04 Å². The van der Waals surface area contributed by atoms with Crippen LogP contribution in [0.15, 0.2) is 85.1 Å². The lowest BCUT2D eigenvalue weighted by Gasteiger charge is -2.28. The molecule has 1 amide bonds. The summed E-state index contributed by atoms with van der Waals surface area (Å²) in [4.78, 5) is 23.9. The molecular weight excluding hydrogens is 488 g/mol. The van der Waals surface area contributed by atoms with Gasteiger partial charge in [0.25, 0.3) is 0 Å². The van der Waals surface area contributed by atoms with Crippen LogP contribution in [-0.4, -0.2) is 42.2 Å². The Bertz CT molecular complexity index is 1340. The van der Waals surface area contributed by atoms with Crippen molar-refractivity contribution in [1.82, 2.24) is 9.97 Å². The van der Waals surface area contributed by atoms with Crippen LogP contribution in [0.25, 0.3) is 11.3 Å². The Morgan fingerprint density at radius 2 is 1.59 bits per heavy atom. The molecule has 4 aromatic rings. The number of nitrogens with two attached hydrogens (primary N) is 1. The highest BCUT2D eigenvalue weighted by molar-refractivity contribution is 6.30. The molecule has 0 spiro atoms. The number of carbonyl (C=O) groups excluding carboxylic acids is 1. The van der Waals surface area contributed by atoms with Crippen LogP contribution >= 0.6 is 11.6 Å². The van der Waals surface area contributed by atoms with E-state index in [1.807, 2.05) is 42.5 Å². The second-order valence-corrected chi connectivity index (χ2v) is 9.07. The fraction of sp³-hybridized carbons (Fsp3) is 0.179. The quantitative estimate of drug-likeness (QED) is 0.318. The molecule has 4 N–H and O–H groups in total. The maximum atomic E-state index is 12.6. The molecule has 1 atom stereocenters. The van der Waals surface area contributed by atoms with Gasteiger partial charge in [0.05, 0.1) is 18.9 Å². The largest absolute Gasteiger partial charge is 0.378 e. The molecule has 9 heteroatoms. The zero-order chi connectivity index (χ0) is 25.6. The number of carbonyl (C=O) groups is 1. The predicted molar refractivity (Wildman–Crippen MR) is 147 cm³/mol. The lowest BCUT2D eigenvalue weighted by Crippen LogP contribution is -2.36. The van der Waals surface area contributed by atoms with Gasteiger partial charge in [0, 0.05) is 46.9 Å². The summed E-state index contributed by atoms with van der Waals surface area (Å²) in [7, 11) is 0. The summed E-state index contributed by atoms with van der Waals surface area (Å²) >= 11 is 5.91. The Morgan fingerprint density at radius 3 is 2.30 bits per heavy atom. The summed E-state index contributed by atoms with van der Waals surface area (Å²) < 4.78 is 5.43. The highest BCUT2D eigenvalue weighted by Gasteiger charge is 2.16. The molecule has 1 fully saturated rings. The number of aromatic nitrogens is 2. The molecule has 0 bridgehead atoms. The molecule has 1 aliphatic rings. The van der Waals surface area contributed by atoms with E-state index in [-0.39, 0.29) is 5.91 Å². The van der Waals surface area contributed by atoms with Crippen molar-refractivity contribution in [1.29, 1.82) is 0 Å². The minimum Gasteiger partial charge on any atom is -0.378 e. The Morgan fingerprint density at radius 1 is 0.919 bits per heavy atom. The van der Waals surface area contributed by atoms with E-state index < -0.39 is 6.04 Å². The van der Waals surface area contributed by atoms with E-state index in [0.29, 0.717) is 22.2 Å². The van der Waals surface area contributed by atoms with Gasteiger partial charge in [0.2, 0.25) is 11.9 Å². The second kappa shape index (κ2) is 11.4. The van der Waals surface area contributed by atoms with E-state index >= 15 is 0 Å². The van der Waals surface area contributed by atoms with Crippen molar-refractivity contribution < 1.29 is 9.53 Å². The number of hydrogen-bond donors (Lipinski definition) is 3. The fourth-order valence-electron chi connectivity index (χ4n) is 4.05. The lowest BCUT2D eigenvalue weighted by molar-refractivity contribution is -0.117. The van der Waals surface area contributed by atoms with Gasteiger partial charge in [0.15, 0.2) is 0 Å². The van der Waals surface area contributed by atoms with Crippen LogP contribution in [0.3, 0.4) is 0 Å². The molecule has 2 heterocycles. The van der Waals surface area contributed by atoms with Gasteiger partial charge in [-0.1, -0.05) is 35.9 Å². The molecule has 1 unspecified atom stereocenters. The molecule has 0 saturated carbocycles. The van der Waals surface area contributed by atoms with Gasteiger partial charge in [-0.25, -0.2) is 9.97 Å². The van der Waals surface area contributed by atoms with Crippen LogP contribution < -0.4 is 21.3 Å². The summed E-state index contributed by atoms with van der Waals surface area (Å²) in [6.45, 7) is 3.31. The average molecular weight is 515 g/mol. The van der Waals surface area contributed by atoms with Crippen molar-refractivity contribution in [3.8, 4) is 11.3 Å². The summed E-state index contributed by atoms with van der Waals surface area (Å²) in [5.74, 6) is 0.200. The zero-order valence-corrected chi connectivity index (χ0v) is 20.9. The van der Waals surface area contributed by atoms with E-state index in [1.54, 1.807) is 30.5 Å². The first-order valence-corrected chi connectivity index (χ1v) is 12.4. The van der Waals surface area contributed by atoms with E-state index in [1.165, 1.54) is 5.69 Å². The summed E-state index contributed by atoms with van der Waals surface area (Å²) in [5.41, 5.74) is 11.2. The van der Waals surface area contributed by atoms with Crippen molar-refractivity contribution in [2.24, 2.45) is 5.73 Å². The van der Waals surface area contributed by atoms with Crippen molar-refractivity contribution in [3.63, 3.8) is 0 Å². The first-order valence-electron chi connectivity index (χ1n) is 12.0. The van der Waals surface area contributed by atoms with Crippen LogP contribution in [0.1, 0.15) is 11.6 Å². The number of morpholine rings is 1. The van der Waals surface area contributed by atoms with Crippen LogP contribution in [0.5, 0.6) is 0 Å². The van der Waals surface area contributed by atoms with Gasteiger partial charge < -0.3 is 26.0 Å². The summed E-state index contributed by atoms with van der Waals surface area (Å²) in [6.07, 6.45) is 1.72. The SMILES string of the molecule is NC(C(=O)Nc1ccc(-c2ccnc(Nc3ccc(N4CCOCC4)cc3)n2)cc1)c1ccc(Cl)cc1. The Labute approximate surface area is 220 Å². The van der Waals surface area contributed by atoms with E-state index in [0.717, 1.165) is 43.2 Å². The van der Waals surface area contributed by atoms with Gasteiger partial charge in [-0.3, -0.25) is 4.79 Å². The number of nitrogens with zero attached hydrogens (tertiary/aromatic N) is 3. The normalized spacial score (nSPS) is 14.2. The van der Waals surface area contributed by atoms with Crippen LogP contribution in [0, 0.1) is 0 Å². The number of nitrogens with one attached hydrogen (secondary N) is 2. The van der Waals surface area contributed by atoms with Crippen LogP contribution in [0.4, 0.5) is 23.0 Å². The second-order valence-electron chi connectivity index (χ2n) is 8.63. The molecule has 0 radical (unpaired) electrons. The molecule has 188 valence electrons. The fourth-order valence-corrected chi connectivity index (χ4v) is 4.18. The van der Waals surface area contributed by atoms with Crippen molar-refractivity contribution in [2.45, 2.75) is 6.04 Å². The van der Waals surface area contributed by atoms with Gasteiger partial charge >= 0.3 is 0 Å². The standard InChI is InChI=1S/C28H27ClN6O2/c29-21-5-1-20(2-6-21)26(30)27(36)32-22-7-3-19(4-8-22)25-13-14-31-28(34-25)33-23-9-11-24(12-10-23)35-15-17-37-18-16-35/h1-14,26H,15-18,30H2,(H,32,36)(H,31,33,34). The van der Waals surface area contributed by atoms with Crippen molar-refractivity contribution in [3.05, 3.63) is 95.6 Å². The van der Waals surface area contributed by atoms with Gasteiger partial charge in [-0.15, -0.1) is 0 Å². The zero-order valence-electron chi connectivity index (χ0n) is 20.1. The predicted octanol–water partition coefficient (Wildman–Crippen LogP) is 5.02. The first-order chi connectivity index (χ1) is 18.0. The average Bonchev–Trinajstić information content (AvgIpc) is 2.94. The number of amides is 1. The third-order valence-electron chi connectivity index (χ3n) is 6.12. The highest BCUT2D eigenvalue weighted by Crippen LogP contribution is 2.24. The monoisotopic (exact) mass is 514 g/mol. The number of hydrogen-bond acceptors (Lipinski definition) is 7. The van der Waals surface area contributed by atoms with Crippen LogP contribution in [-0.2, 0) is 9.53 Å². The maximum absolute atomic E-state index is 12.6. The number of ether oxygens (including phenoxy) is 1. The maximum Gasteiger partial charge on any atom is 0.245 e. The number of benzene rings is 3. The molecule has 0 aliphatic carbocycles. The smallest absolute Gasteiger partial charge is 0.245 e. The van der Waals surface area contributed by atoms with Crippen molar-refractivity contribution in [2.75, 3.05) is 41.8 Å². The molecule has 8 nitrogen and oxygen atoms in total. The lowest BCUT2D eigenvalue weighted by atomic mass is 10.1. The van der Waals surface area contributed by atoms with E-state index in [9.17, 15) is 4.79 Å². The topological polar surface area (TPSA) is 105 Å². The highest BCUT2D eigenvalue weighted by atomic mass is 35.5. The Kier molecular flexibility index (Phi) is 7.60. The summed E-state index contributed by atoms with van der Waals surface area (Å²) in [6, 6.07) is 23.6. The Balaban J connectivity index is 1.22. The van der Waals surface area contributed by atoms with E-state index in [4.69, 9.17) is 22.1 Å². The first kappa shape index (κ1) is 24.7. The van der Waals surface area contributed by atoms with Crippen LogP contribution in [0.2, 0.25) is 5.02 Å². The minimum absolute atomic E-state index is 0.303. The number of anilines is 4. The molecular formula is C28H27ClN6O2. The molecule has 1 saturated heterocycles. The number of rotatable bonds is 7. The Hall–Kier alpha value is -3.98. The number of halogens is 1. The van der Waals surface area contributed by atoms with Gasteiger partial charge in [-0.05, 0) is 60.2 Å². The third-order valence-corrected chi connectivity index (χ3v) is 6.37. The van der Waals surface area contributed by atoms with E-state index in [2.05, 4.69) is 37.6 Å². The van der Waals surface area contributed by atoms with Crippen molar-refractivity contribution >= 4 is 40.5 Å². The minimum atomic E-state index is -0.796. The van der Waals surface area contributed by atoms with Gasteiger partial charge in [-0.2, -0.15) is 0 Å². The molecule has 37 heavy (non-hydrogen) atoms. The molecule has 5 rings (SSSR count).